The number of nitrogens with zero attached hydrogens (tertiary/aromatic N) is 2. The molecule has 1 saturated heterocycles. The summed E-state index contributed by atoms with van der Waals surface area (Å²) in [5.74, 6) is -0.459. The molecule has 64 valence electrons. The highest BCUT2D eigenvalue weighted by molar-refractivity contribution is 7.13. The van der Waals surface area contributed by atoms with E-state index in [1.54, 1.807) is 0 Å². The van der Waals surface area contributed by atoms with Gasteiger partial charge in [-0.1, -0.05) is 0 Å². The number of amides is 1. The van der Waals surface area contributed by atoms with Crippen LogP contribution < -0.4 is 4.90 Å². The summed E-state index contributed by atoms with van der Waals surface area (Å²) in [5, 5.41) is 1.79. The van der Waals surface area contributed by atoms with Crippen LogP contribution in [-0.2, 0) is 4.79 Å². The molecule has 5 heteroatoms. The van der Waals surface area contributed by atoms with E-state index in [0.29, 0.717) is 18.1 Å². The number of hydrogen-bond acceptors (Lipinski definition) is 3. The Morgan fingerprint density at radius 3 is 3.00 bits per heavy atom. The second-order valence-corrected chi connectivity index (χ2v) is 3.44. The van der Waals surface area contributed by atoms with Crippen LogP contribution in [0.3, 0.4) is 0 Å². The molecule has 12 heavy (non-hydrogen) atoms. The van der Waals surface area contributed by atoms with Crippen LogP contribution in [0.25, 0.3) is 0 Å². The maximum Gasteiger partial charge on any atom is 0.228 e. The summed E-state index contributed by atoms with van der Waals surface area (Å²) in [6.07, 6.45) is 1.40. The van der Waals surface area contributed by atoms with Gasteiger partial charge in [0.2, 0.25) is 11.9 Å². The topological polar surface area (TPSA) is 33.2 Å². The monoisotopic (exact) mass is 186 g/mol. The van der Waals surface area contributed by atoms with Crippen LogP contribution in [0.2, 0.25) is 0 Å². The molecular formula is C7H7FN2OS. The first-order valence-corrected chi connectivity index (χ1v) is 4.57. The Bertz CT molecular complexity index is 312. The van der Waals surface area contributed by atoms with Crippen molar-refractivity contribution in [3.63, 3.8) is 0 Å². The molecule has 0 saturated carbocycles. The molecule has 1 aliphatic heterocycles. The van der Waals surface area contributed by atoms with E-state index in [1.807, 2.05) is 0 Å². The van der Waals surface area contributed by atoms with Gasteiger partial charge >= 0.3 is 0 Å². The van der Waals surface area contributed by atoms with Crippen molar-refractivity contribution in [2.75, 3.05) is 11.4 Å². The third-order valence-electron chi connectivity index (χ3n) is 1.77. The molecular weight excluding hydrogens is 179 g/mol. The Morgan fingerprint density at radius 1 is 1.67 bits per heavy atom. The lowest BCUT2D eigenvalue weighted by molar-refractivity contribution is -0.117. The van der Waals surface area contributed by atoms with E-state index in [4.69, 9.17) is 0 Å². The number of halogens is 1. The highest BCUT2D eigenvalue weighted by Crippen LogP contribution is 2.24. The second-order valence-electron chi connectivity index (χ2n) is 2.60. The van der Waals surface area contributed by atoms with Crippen LogP contribution in [0, 0.1) is 5.95 Å². The van der Waals surface area contributed by atoms with Crippen molar-refractivity contribution in [1.29, 1.82) is 0 Å². The highest BCUT2D eigenvalue weighted by atomic mass is 32.1. The summed E-state index contributed by atoms with van der Waals surface area (Å²) in [7, 11) is 0. The number of aromatic nitrogens is 1. The van der Waals surface area contributed by atoms with Crippen LogP contribution in [0.15, 0.2) is 5.38 Å². The molecule has 1 amide bonds. The van der Waals surface area contributed by atoms with Crippen LogP contribution >= 0.6 is 11.3 Å². The average molecular weight is 186 g/mol. The van der Waals surface area contributed by atoms with Gasteiger partial charge in [0.25, 0.3) is 0 Å². The average Bonchev–Trinajstić information content (AvgIpc) is 2.58. The Balaban J connectivity index is 2.24. The molecule has 1 aromatic rings. The van der Waals surface area contributed by atoms with Crippen molar-refractivity contribution in [3.05, 3.63) is 11.3 Å². The zero-order valence-corrected chi connectivity index (χ0v) is 7.10. The largest absolute Gasteiger partial charge is 0.288 e. The Hall–Kier alpha value is -0.970. The molecule has 0 unspecified atom stereocenters. The van der Waals surface area contributed by atoms with Gasteiger partial charge in [-0.3, -0.25) is 9.69 Å². The number of rotatable bonds is 1. The van der Waals surface area contributed by atoms with Crippen molar-refractivity contribution >= 4 is 22.4 Å². The van der Waals surface area contributed by atoms with E-state index < -0.39 is 5.95 Å². The van der Waals surface area contributed by atoms with Gasteiger partial charge in [-0.25, -0.2) is 0 Å². The molecule has 0 N–H and O–H groups in total. The van der Waals surface area contributed by atoms with E-state index in [9.17, 15) is 9.18 Å². The minimum Gasteiger partial charge on any atom is -0.288 e. The first-order chi connectivity index (χ1) is 5.77. The lowest BCUT2D eigenvalue weighted by atomic mass is 10.4. The fourth-order valence-corrected chi connectivity index (χ4v) is 1.94. The van der Waals surface area contributed by atoms with E-state index in [-0.39, 0.29) is 5.91 Å². The summed E-state index contributed by atoms with van der Waals surface area (Å²) in [6, 6.07) is 0. The molecule has 0 atom stereocenters. The molecule has 3 nitrogen and oxygen atoms in total. The molecule has 1 aliphatic rings. The molecule has 0 spiro atoms. The van der Waals surface area contributed by atoms with Crippen molar-refractivity contribution in [2.45, 2.75) is 12.8 Å². The maximum atomic E-state index is 12.5. The lowest BCUT2D eigenvalue weighted by Crippen LogP contribution is -2.23. The van der Waals surface area contributed by atoms with E-state index in [1.165, 1.54) is 21.6 Å². The normalized spacial score (nSPS) is 17.4. The molecule has 0 bridgehead atoms. The number of carbonyl (C=O) groups excluding carboxylic acids is 1. The quantitative estimate of drug-likeness (QED) is 0.664. The zero-order valence-electron chi connectivity index (χ0n) is 6.29. The SMILES string of the molecule is O=C1CCCN1c1nc(F)cs1. The Kier molecular flexibility index (Phi) is 1.80. The second kappa shape index (κ2) is 2.82. The third-order valence-corrected chi connectivity index (χ3v) is 2.60. The highest BCUT2D eigenvalue weighted by Gasteiger charge is 2.23. The first-order valence-electron chi connectivity index (χ1n) is 3.69. The minimum atomic E-state index is -0.505. The maximum absolute atomic E-state index is 12.5. The molecule has 2 heterocycles. The molecule has 1 aromatic heterocycles. The number of anilines is 1. The van der Waals surface area contributed by atoms with Gasteiger partial charge in [-0.2, -0.15) is 9.37 Å². The molecule has 0 aliphatic carbocycles. The van der Waals surface area contributed by atoms with Crippen molar-refractivity contribution < 1.29 is 9.18 Å². The van der Waals surface area contributed by atoms with Crippen molar-refractivity contribution in [2.24, 2.45) is 0 Å². The molecule has 0 radical (unpaired) electrons. The predicted molar refractivity (Wildman–Crippen MR) is 43.7 cm³/mol. The minimum absolute atomic E-state index is 0.0457. The summed E-state index contributed by atoms with van der Waals surface area (Å²) < 4.78 is 12.5. The lowest BCUT2D eigenvalue weighted by Gasteiger charge is -2.09. The van der Waals surface area contributed by atoms with Crippen LogP contribution in [-0.4, -0.2) is 17.4 Å². The van der Waals surface area contributed by atoms with E-state index >= 15 is 0 Å². The third kappa shape index (κ3) is 1.20. The van der Waals surface area contributed by atoms with Gasteiger partial charge in [0.05, 0.1) is 0 Å². The molecule has 1 fully saturated rings. The Morgan fingerprint density at radius 2 is 2.50 bits per heavy atom. The van der Waals surface area contributed by atoms with Crippen LogP contribution in [0.1, 0.15) is 12.8 Å². The summed E-state index contributed by atoms with van der Waals surface area (Å²) in [5.41, 5.74) is 0. The molecule has 0 aromatic carbocycles. The zero-order chi connectivity index (χ0) is 8.55. The number of hydrogen-bond donors (Lipinski definition) is 0. The van der Waals surface area contributed by atoms with Gasteiger partial charge < -0.3 is 0 Å². The van der Waals surface area contributed by atoms with Crippen molar-refractivity contribution in [3.8, 4) is 0 Å². The fraction of sp³-hybridized carbons (Fsp3) is 0.429. The van der Waals surface area contributed by atoms with E-state index in [2.05, 4.69) is 4.98 Å². The summed E-state index contributed by atoms with van der Waals surface area (Å²) in [4.78, 5) is 16.3. The van der Waals surface area contributed by atoms with Gasteiger partial charge in [0.1, 0.15) is 0 Å². The summed E-state index contributed by atoms with van der Waals surface area (Å²) in [6.45, 7) is 0.672. The van der Waals surface area contributed by atoms with E-state index in [0.717, 1.165) is 6.42 Å². The smallest absolute Gasteiger partial charge is 0.228 e. The Labute approximate surface area is 72.8 Å². The van der Waals surface area contributed by atoms with Crippen LogP contribution in [0.5, 0.6) is 0 Å². The van der Waals surface area contributed by atoms with Gasteiger partial charge in [-0.05, 0) is 6.42 Å². The van der Waals surface area contributed by atoms with Gasteiger partial charge in [0, 0.05) is 18.3 Å². The van der Waals surface area contributed by atoms with Gasteiger partial charge in [-0.15, -0.1) is 11.3 Å². The summed E-state index contributed by atoms with van der Waals surface area (Å²) >= 11 is 1.17. The number of carbonyl (C=O) groups is 1. The fourth-order valence-electron chi connectivity index (χ4n) is 1.22. The standard InChI is InChI=1S/C7H7FN2OS/c8-5-4-12-7(9-5)10-3-1-2-6(10)11/h4H,1-3H2. The predicted octanol–water partition coefficient (Wildman–Crippen LogP) is 1.41. The number of thiazole rings is 1. The molecule has 2 rings (SSSR count). The van der Waals surface area contributed by atoms with Gasteiger partial charge in [0.15, 0.2) is 5.13 Å². The first kappa shape index (κ1) is 7.67. The van der Waals surface area contributed by atoms with Crippen LogP contribution in [0.4, 0.5) is 9.52 Å². The van der Waals surface area contributed by atoms with Crippen molar-refractivity contribution in [1.82, 2.24) is 4.98 Å².